The van der Waals surface area contributed by atoms with E-state index in [1.165, 1.54) is 0 Å². The zero-order valence-electron chi connectivity index (χ0n) is 9.58. The van der Waals surface area contributed by atoms with E-state index in [2.05, 4.69) is 15.3 Å². The smallest absolute Gasteiger partial charge is 0.152 e. The number of hydrogen-bond acceptors (Lipinski definition) is 4. The molecule has 1 aromatic carbocycles. The second kappa shape index (κ2) is 4.41. The van der Waals surface area contributed by atoms with E-state index in [1.54, 1.807) is 6.20 Å². The lowest BCUT2D eigenvalue weighted by Crippen LogP contribution is -2.22. The molecule has 1 aliphatic heterocycles. The molecule has 2 heterocycles. The molecule has 0 saturated carbocycles. The van der Waals surface area contributed by atoms with E-state index in [9.17, 15) is 4.79 Å². The number of fused-ring (bicyclic) bond motifs is 1. The number of rotatable bonds is 2. The Hall–Kier alpha value is -2.49. The van der Waals surface area contributed by atoms with Gasteiger partial charge in [-0.05, 0) is 18.2 Å². The van der Waals surface area contributed by atoms with Crippen molar-refractivity contribution in [2.45, 2.75) is 6.04 Å². The van der Waals surface area contributed by atoms with Crippen LogP contribution in [0.2, 0.25) is 0 Å². The van der Waals surface area contributed by atoms with Gasteiger partial charge >= 0.3 is 0 Å². The Bertz CT molecular complexity index is 607. The average molecular weight is 237 g/mol. The van der Waals surface area contributed by atoms with Crippen molar-refractivity contribution < 1.29 is 4.79 Å². The van der Waals surface area contributed by atoms with Crippen LogP contribution in [0.15, 0.2) is 53.7 Å². The molecule has 0 aliphatic carbocycles. The molecule has 0 bridgehead atoms. The number of carbonyl (C=O) groups excluding carboxylic acids is 1. The van der Waals surface area contributed by atoms with Gasteiger partial charge in [0.05, 0.1) is 0 Å². The summed E-state index contributed by atoms with van der Waals surface area (Å²) in [5, 5.41) is 3.21. The van der Waals surface area contributed by atoms with E-state index < -0.39 is 6.04 Å². The zero-order chi connectivity index (χ0) is 12.4. The van der Waals surface area contributed by atoms with Gasteiger partial charge in [-0.2, -0.15) is 0 Å². The summed E-state index contributed by atoms with van der Waals surface area (Å²) in [6.07, 6.45) is 2.55. The number of anilines is 1. The van der Waals surface area contributed by atoms with Gasteiger partial charge < -0.3 is 10.1 Å². The van der Waals surface area contributed by atoms with Crippen molar-refractivity contribution in [1.29, 1.82) is 0 Å². The molecule has 0 fully saturated rings. The maximum Gasteiger partial charge on any atom is 0.152 e. The second-order valence-corrected chi connectivity index (χ2v) is 3.99. The summed E-state index contributed by atoms with van der Waals surface area (Å²) < 4.78 is 0. The maximum atomic E-state index is 11.1. The predicted octanol–water partition coefficient (Wildman–Crippen LogP) is 2.19. The van der Waals surface area contributed by atoms with Crippen LogP contribution in [0.1, 0.15) is 17.3 Å². The molecule has 3 rings (SSSR count). The molecule has 88 valence electrons. The minimum Gasteiger partial charge on any atom is -0.338 e. The molecule has 1 unspecified atom stereocenters. The van der Waals surface area contributed by atoms with Crippen molar-refractivity contribution in [3.05, 3.63) is 59.9 Å². The Kier molecular flexibility index (Phi) is 2.61. The summed E-state index contributed by atoms with van der Waals surface area (Å²) in [6, 6.07) is 12.8. The molecule has 0 radical (unpaired) electrons. The summed E-state index contributed by atoms with van der Waals surface area (Å²) >= 11 is 0. The van der Waals surface area contributed by atoms with E-state index in [0.29, 0.717) is 5.84 Å². The van der Waals surface area contributed by atoms with Crippen LogP contribution in [0.25, 0.3) is 0 Å². The Morgan fingerprint density at radius 3 is 2.72 bits per heavy atom. The predicted molar refractivity (Wildman–Crippen MR) is 69.6 cm³/mol. The van der Waals surface area contributed by atoms with Crippen molar-refractivity contribution in [2.24, 2.45) is 4.99 Å². The van der Waals surface area contributed by atoms with Crippen LogP contribution in [0.5, 0.6) is 0 Å². The second-order valence-electron chi connectivity index (χ2n) is 3.99. The van der Waals surface area contributed by atoms with Crippen molar-refractivity contribution in [3.8, 4) is 0 Å². The van der Waals surface area contributed by atoms with Crippen LogP contribution >= 0.6 is 0 Å². The fraction of sp³-hybridized carbons (Fsp3) is 0.0714. The number of amidine groups is 1. The summed E-state index contributed by atoms with van der Waals surface area (Å²) in [5.74, 6) is 0.631. The molecule has 1 aromatic heterocycles. The lowest BCUT2D eigenvalue weighted by molar-refractivity contribution is -0.108. The van der Waals surface area contributed by atoms with Crippen LogP contribution in [-0.4, -0.2) is 17.1 Å². The van der Waals surface area contributed by atoms with Crippen LogP contribution in [0.3, 0.4) is 0 Å². The van der Waals surface area contributed by atoms with Crippen LogP contribution < -0.4 is 5.32 Å². The Labute approximate surface area is 104 Å². The molecule has 4 heteroatoms. The van der Waals surface area contributed by atoms with Crippen LogP contribution in [0, 0.1) is 0 Å². The zero-order valence-corrected chi connectivity index (χ0v) is 9.58. The highest BCUT2D eigenvalue weighted by Gasteiger charge is 2.21. The first-order chi connectivity index (χ1) is 8.88. The van der Waals surface area contributed by atoms with Gasteiger partial charge in [0.15, 0.2) is 5.84 Å². The van der Waals surface area contributed by atoms with Gasteiger partial charge in [-0.1, -0.05) is 24.3 Å². The average Bonchev–Trinajstić information content (AvgIpc) is 2.47. The van der Waals surface area contributed by atoms with Crippen molar-refractivity contribution in [3.63, 3.8) is 0 Å². The highest BCUT2D eigenvalue weighted by Crippen LogP contribution is 2.29. The number of benzene rings is 1. The number of pyridine rings is 1. The Balaban J connectivity index is 2.06. The van der Waals surface area contributed by atoms with E-state index in [0.717, 1.165) is 23.2 Å². The molecule has 1 atom stereocenters. The minimum atomic E-state index is -0.459. The van der Waals surface area contributed by atoms with E-state index >= 15 is 0 Å². The number of aliphatic imine (C=N–C) groups is 1. The number of nitrogens with one attached hydrogen (secondary N) is 1. The topological polar surface area (TPSA) is 54.4 Å². The number of aldehydes is 1. The van der Waals surface area contributed by atoms with Gasteiger partial charge in [-0.25, -0.2) is 0 Å². The fourth-order valence-electron chi connectivity index (χ4n) is 1.97. The number of nitrogens with zero attached hydrogens (tertiary/aromatic N) is 2. The standard InChI is InChI=1S/C14H11N3O/c18-9-13-10-5-1-2-6-11(10)16-14(17-13)12-7-3-4-8-15-12/h1-9,13H,(H,16,17). The first kappa shape index (κ1) is 10.7. The van der Waals surface area contributed by atoms with Gasteiger partial charge in [0.2, 0.25) is 0 Å². The van der Waals surface area contributed by atoms with Crippen LogP contribution in [-0.2, 0) is 4.79 Å². The molecular formula is C14H11N3O. The third kappa shape index (κ3) is 1.78. The number of aromatic nitrogens is 1. The minimum absolute atomic E-state index is 0.459. The van der Waals surface area contributed by atoms with Gasteiger partial charge in [0.1, 0.15) is 18.0 Å². The summed E-state index contributed by atoms with van der Waals surface area (Å²) in [6.45, 7) is 0. The molecular weight excluding hydrogens is 226 g/mol. The first-order valence-corrected chi connectivity index (χ1v) is 5.69. The number of para-hydroxylation sites is 1. The fourth-order valence-corrected chi connectivity index (χ4v) is 1.97. The van der Waals surface area contributed by atoms with Crippen LogP contribution in [0.4, 0.5) is 5.69 Å². The van der Waals surface area contributed by atoms with Crippen molar-refractivity contribution in [1.82, 2.24) is 4.98 Å². The molecule has 0 saturated heterocycles. The molecule has 2 aromatic rings. The lowest BCUT2D eigenvalue weighted by Gasteiger charge is -2.21. The monoisotopic (exact) mass is 237 g/mol. The Morgan fingerprint density at radius 2 is 1.94 bits per heavy atom. The normalized spacial score (nSPS) is 17.3. The van der Waals surface area contributed by atoms with E-state index in [1.807, 2.05) is 42.5 Å². The molecule has 1 N–H and O–H groups in total. The quantitative estimate of drug-likeness (QED) is 0.814. The third-order valence-corrected chi connectivity index (χ3v) is 2.84. The molecule has 4 nitrogen and oxygen atoms in total. The third-order valence-electron chi connectivity index (χ3n) is 2.84. The molecule has 18 heavy (non-hydrogen) atoms. The summed E-state index contributed by atoms with van der Waals surface area (Å²) in [7, 11) is 0. The SMILES string of the molecule is O=CC1N=C(c2ccccn2)Nc2ccccc21. The highest BCUT2D eigenvalue weighted by atomic mass is 16.1. The van der Waals surface area contributed by atoms with Gasteiger partial charge in [-0.15, -0.1) is 0 Å². The van der Waals surface area contributed by atoms with E-state index in [4.69, 9.17) is 0 Å². The summed E-state index contributed by atoms with van der Waals surface area (Å²) in [5.41, 5.74) is 2.54. The largest absolute Gasteiger partial charge is 0.338 e. The van der Waals surface area contributed by atoms with Gasteiger partial charge in [0.25, 0.3) is 0 Å². The molecule has 0 amide bonds. The van der Waals surface area contributed by atoms with Crippen molar-refractivity contribution >= 4 is 17.8 Å². The van der Waals surface area contributed by atoms with Gasteiger partial charge in [-0.3, -0.25) is 9.98 Å². The molecule has 1 aliphatic rings. The van der Waals surface area contributed by atoms with E-state index in [-0.39, 0.29) is 0 Å². The molecule has 0 spiro atoms. The first-order valence-electron chi connectivity index (χ1n) is 5.69. The van der Waals surface area contributed by atoms with Gasteiger partial charge in [0, 0.05) is 17.4 Å². The lowest BCUT2D eigenvalue weighted by atomic mass is 10.0. The number of carbonyl (C=O) groups is 1. The highest BCUT2D eigenvalue weighted by molar-refractivity contribution is 6.09. The number of hydrogen-bond donors (Lipinski definition) is 1. The van der Waals surface area contributed by atoms with Crippen molar-refractivity contribution in [2.75, 3.05) is 5.32 Å². The maximum absolute atomic E-state index is 11.1. The Morgan fingerprint density at radius 1 is 1.11 bits per heavy atom. The summed E-state index contributed by atoms with van der Waals surface area (Å²) in [4.78, 5) is 19.8.